The summed E-state index contributed by atoms with van der Waals surface area (Å²) in [6, 6.07) is 18.1. The zero-order chi connectivity index (χ0) is 26.0. The molecule has 1 saturated heterocycles. The van der Waals surface area contributed by atoms with Crippen molar-refractivity contribution in [1.29, 1.82) is 0 Å². The van der Waals surface area contributed by atoms with Crippen LogP contribution in [0.4, 0.5) is 16.4 Å². The maximum atomic E-state index is 12.5. The number of nitrogens with one attached hydrogen (secondary N) is 1. The van der Waals surface area contributed by atoms with E-state index in [1.165, 1.54) is 10.5 Å². The van der Waals surface area contributed by atoms with Crippen molar-refractivity contribution in [3.63, 3.8) is 0 Å². The van der Waals surface area contributed by atoms with E-state index >= 15 is 0 Å². The van der Waals surface area contributed by atoms with Gasteiger partial charge in [-0.25, -0.2) is 14.8 Å². The number of likely N-dealkylation sites (tertiary alicyclic amines) is 1. The number of carbonyl (C=O) groups is 2. The Morgan fingerprint density at radius 1 is 1.11 bits per heavy atom. The third kappa shape index (κ3) is 5.39. The number of piperidine rings is 1. The van der Waals surface area contributed by atoms with Gasteiger partial charge in [0.15, 0.2) is 0 Å². The van der Waals surface area contributed by atoms with E-state index in [1.807, 2.05) is 42.5 Å². The lowest BCUT2D eigenvalue weighted by atomic mass is 9.81. The number of hydrogen-bond donors (Lipinski definition) is 3. The van der Waals surface area contributed by atoms with Crippen molar-refractivity contribution in [2.24, 2.45) is 11.1 Å². The Morgan fingerprint density at radius 3 is 2.38 bits per heavy atom. The summed E-state index contributed by atoms with van der Waals surface area (Å²) in [5.74, 6) is 0.176. The Balaban J connectivity index is 1.34. The van der Waals surface area contributed by atoms with Crippen LogP contribution >= 0.6 is 11.6 Å². The molecule has 0 spiro atoms. The molecule has 1 atom stereocenters. The standard InChI is InChI=1S/C28H30ClN5O3/c29-23-17-31-26(32-21-8-6-19(7-9-21)20-10-14-34(15-11-20)27(36)37)33-24(23)22(28(12-13-28)25(30)35)16-18-4-2-1-3-5-18/h1-9,17,20,22H,10-16H2,(H2,30,35)(H,36,37)(H,31,32,33). The Bertz CT molecular complexity index is 1270. The van der Waals surface area contributed by atoms with Gasteiger partial charge in [0, 0.05) is 24.7 Å². The number of halogens is 1. The molecule has 9 heteroatoms. The average molecular weight is 520 g/mol. The minimum Gasteiger partial charge on any atom is -0.465 e. The summed E-state index contributed by atoms with van der Waals surface area (Å²) in [6.45, 7) is 1.11. The molecule has 2 heterocycles. The summed E-state index contributed by atoms with van der Waals surface area (Å²) in [4.78, 5) is 34.3. The van der Waals surface area contributed by atoms with E-state index in [2.05, 4.69) is 22.4 Å². The first-order valence-corrected chi connectivity index (χ1v) is 12.9. The topological polar surface area (TPSA) is 121 Å². The van der Waals surface area contributed by atoms with Crippen LogP contribution in [0.5, 0.6) is 0 Å². The first-order chi connectivity index (χ1) is 17.9. The van der Waals surface area contributed by atoms with Crippen LogP contribution in [-0.2, 0) is 11.2 Å². The van der Waals surface area contributed by atoms with Crippen LogP contribution in [0.25, 0.3) is 0 Å². The Kier molecular flexibility index (Phi) is 7.02. The van der Waals surface area contributed by atoms with Crippen molar-refractivity contribution in [2.45, 2.75) is 43.9 Å². The molecule has 1 aliphatic carbocycles. The van der Waals surface area contributed by atoms with E-state index in [-0.39, 0.29) is 11.8 Å². The second-order valence-corrected chi connectivity index (χ2v) is 10.4. The monoisotopic (exact) mass is 519 g/mol. The molecule has 2 amide bonds. The molecular formula is C28H30ClN5O3. The molecule has 2 aromatic carbocycles. The number of carbonyl (C=O) groups excluding carboxylic acids is 1. The number of carboxylic acid groups (broad SMARTS) is 1. The molecule has 3 aromatic rings. The van der Waals surface area contributed by atoms with E-state index in [1.54, 1.807) is 6.20 Å². The molecule has 8 nitrogen and oxygen atoms in total. The van der Waals surface area contributed by atoms with Crippen LogP contribution in [0.15, 0.2) is 60.8 Å². The number of hydrogen-bond acceptors (Lipinski definition) is 5. The van der Waals surface area contributed by atoms with Crippen LogP contribution in [0.3, 0.4) is 0 Å². The molecule has 2 fully saturated rings. The largest absolute Gasteiger partial charge is 0.465 e. The predicted octanol–water partition coefficient (Wildman–Crippen LogP) is 5.32. The van der Waals surface area contributed by atoms with Crippen molar-refractivity contribution >= 4 is 35.2 Å². The van der Waals surface area contributed by atoms with Crippen LogP contribution in [-0.4, -0.2) is 45.1 Å². The van der Waals surface area contributed by atoms with Gasteiger partial charge in [-0.15, -0.1) is 0 Å². The number of aromatic nitrogens is 2. The molecule has 1 unspecified atom stereocenters. The van der Waals surface area contributed by atoms with Crippen molar-refractivity contribution in [2.75, 3.05) is 18.4 Å². The first-order valence-electron chi connectivity index (χ1n) is 12.6. The van der Waals surface area contributed by atoms with Crippen LogP contribution < -0.4 is 11.1 Å². The van der Waals surface area contributed by atoms with E-state index in [0.29, 0.717) is 42.1 Å². The Hall–Kier alpha value is -3.65. The van der Waals surface area contributed by atoms with Gasteiger partial charge in [0.05, 0.1) is 22.3 Å². The van der Waals surface area contributed by atoms with Crippen LogP contribution in [0.1, 0.15) is 54.3 Å². The third-order valence-corrected chi connectivity index (χ3v) is 8.03. The average Bonchev–Trinajstić information content (AvgIpc) is 3.72. The Labute approximate surface area is 220 Å². The SMILES string of the molecule is NC(=O)C1(C(Cc2ccccc2)c2nc(Nc3ccc(C4CCN(C(=O)O)CC4)cc3)ncc2Cl)CC1. The number of amides is 2. The molecule has 4 N–H and O–H groups in total. The summed E-state index contributed by atoms with van der Waals surface area (Å²) in [7, 11) is 0. The molecule has 0 bridgehead atoms. The highest BCUT2D eigenvalue weighted by Crippen LogP contribution is 2.57. The van der Waals surface area contributed by atoms with Gasteiger partial charge in [0.25, 0.3) is 0 Å². The van der Waals surface area contributed by atoms with Crippen molar-refractivity contribution < 1.29 is 14.7 Å². The highest BCUT2D eigenvalue weighted by molar-refractivity contribution is 6.31. The lowest BCUT2D eigenvalue weighted by Crippen LogP contribution is -2.36. The predicted molar refractivity (Wildman–Crippen MR) is 142 cm³/mol. The molecular weight excluding hydrogens is 490 g/mol. The quantitative estimate of drug-likeness (QED) is 0.370. The van der Waals surface area contributed by atoms with Gasteiger partial charge in [-0.2, -0.15) is 0 Å². The molecule has 2 aliphatic rings. The number of rotatable bonds is 8. The van der Waals surface area contributed by atoms with Gasteiger partial charge in [-0.1, -0.05) is 54.1 Å². The van der Waals surface area contributed by atoms with Gasteiger partial charge < -0.3 is 21.1 Å². The van der Waals surface area contributed by atoms with Crippen molar-refractivity contribution in [1.82, 2.24) is 14.9 Å². The molecule has 1 aromatic heterocycles. The van der Waals surface area contributed by atoms with Gasteiger partial charge in [-0.05, 0) is 61.3 Å². The number of nitrogens with two attached hydrogens (primary N) is 1. The number of benzene rings is 2. The zero-order valence-electron chi connectivity index (χ0n) is 20.4. The maximum absolute atomic E-state index is 12.5. The fraction of sp³-hybridized carbons (Fsp3) is 0.357. The zero-order valence-corrected chi connectivity index (χ0v) is 21.2. The molecule has 0 radical (unpaired) electrons. The van der Waals surface area contributed by atoms with Crippen molar-refractivity contribution in [3.05, 3.63) is 82.6 Å². The minimum absolute atomic E-state index is 0.248. The minimum atomic E-state index is -0.852. The third-order valence-electron chi connectivity index (χ3n) is 7.73. The second kappa shape index (κ2) is 10.4. The second-order valence-electron chi connectivity index (χ2n) is 9.98. The maximum Gasteiger partial charge on any atom is 0.407 e. The van der Waals surface area contributed by atoms with Gasteiger partial charge in [0.1, 0.15) is 0 Å². The fourth-order valence-electron chi connectivity index (χ4n) is 5.36. The summed E-state index contributed by atoms with van der Waals surface area (Å²) < 4.78 is 0. The highest BCUT2D eigenvalue weighted by Gasteiger charge is 2.55. The first kappa shape index (κ1) is 25.0. The molecule has 1 saturated carbocycles. The number of anilines is 2. The van der Waals surface area contributed by atoms with Gasteiger partial charge in [0.2, 0.25) is 11.9 Å². The highest BCUT2D eigenvalue weighted by atomic mass is 35.5. The summed E-state index contributed by atoms with van der Waals surface area (Å²) in [5.41, 5.74) is 8.95. The summed E-state index contributed by atoms with van der Waals surface area (Å²) in [6.07, 6.45) is 4.39. The van der Waals surface area contributed by atoms with E-state index in [0.717, 1.165) is 36.9 Å². The summed E-state index contributed by atoms with van der Waals surface area (Å²) in [5, 5.41) is 12.8. The number of nitrogens with zero attached hydrogens (tertiary/aromatic N) is 3. The van der Waals surface area contributed by atoms with Crippen LogP contribution in [0.2, 0.25) is 5.02 Å². The molecule has 192 valence electrons. The molecule has 1 aliphatic heterocycles. The molecule has 37 heavy (non-hydrogen) atoms. The fourth-order valence-corrected chi connectivity index (χ4v) is 5.58. The van der Waals surface area contributed by atoms with Crippen LogP contribution in [0, 0.1) is 5.41 Å². The lowest BCUT2D eigenvalue weighted by Gasteiger charge is -2.30. The van der Waals surface area contributed by atoms with E-state index < -0.39 is 11.5 Å². The van der Waals surface area contributed by atoms with Crippen molar-refractivity contribution in [3.8, 4) is 0 Å². The summed E-state index contributed by atoms with van der Waals surface area (Å²) >= 11 is 6.59. The molecule has 5 rings (SSSR count). The van der Waals surface area contributed by atoms with Gasteiger partial charge >= 0.3 is 6.09 Å². The Morgan fingerprint density at radius 2 is 1.78 bits per heavy atom. The van der Waals surface area contributed by atoms with Gasteiger partial charge in [-0.3, -0.25) is 4.79 Å². The lowest BCUT2D eigenvalue weighted by molar-refractivity contribution is -0.123. The van der Waals surface area contributed by atoms with E-state index in [4.69, 9.17) is 27.4 Å². The number of primary amides is 1. The van der Waals surface area contributed by atoms with E-state index in [9.17, 15) is 9.59 Å². The smallest absolute Gasteiger partial charge is 0.407 e. The normalized spacial score (nSPS) is 17.7.